The van der Waals surface area contributed by atoms with Gasteiger partial charge in [-0.15, -0.1) is 23.1 Å². The predicted molar refractivity (Wildman–Crippen MR) is 70.9 cm³/mol. The second-order valence-electron chi connectivity index (χ2n) is 3.51. The molecule has 0 unspecified atom stereocenters. The van der Waals surface area contributed by atoms with Gasteiger partial charge in [-0.2, -0.15) is 0 Å². The summed E-state index contributed by atoms with van der Waals surface area (Å²) < 4.78 is 9.68. The molecule has 2 aromatic heterocycles. The third-order valence-electron chi connectivity index (χ3n) is 2.30. The topological polar surface area (TPSA) is 76.7 Å². The van der Waals surface area contributed by atoms with Gasteiger partial charge in [0.15, 0.2) is 0 Å². The molecule has 0 aliphatic carbocycles. The quantitative estimate of drug-likeness (QED) is 0.675. The minimum Gasteiger partial charge on any atom is -0.477 e. The Balaban J connectivity index is 2.04. The molecule has 0 saturated heterocycles. The Hall–Kier alpha value is -1.73. The number of hydrogen-bond acceptors (Lipinski definition) is 6. The fraction of sp³-hybridized carbons (Fsp3) is 0.167. The van der Waals surface area contributed by atoms with Crippen molar-refractivity contribution in [2.75, 3.05) is 7.11 Å². The van der Waals surface area contributed by atoms with Crippen molar-refractivity contribution < 1.29 is 23.8 Å². The minimum atomic E-state index is -0.935. The van der Waals surface area contributed by atoms with Crippen LogP contribution in [0, 0.1) is 0 Å². The lowest BCUT2D eigenvalue weighted by atomic mass is 10.3. The van der Waals surface area contributed by atoms with E-state index >= 15 is 0 Å². The van der Waals surface area contributed by atoms with Crippen LogP contribution in [-0.2, 0) is 10.5 Å². The van der Waals surface area contributed by atoms with Crippen molar-refractivity contribution in [3.63, 3.8) is 0 Å². The maximum atomic E-state index is 11.4. The number of aromatic carboxylic acids is 1. The summed E-state index contributed by atoms with van der Waals surface area (Å²) in [5.74, 6) is -0.757. The fourth-order valence-electron chi connectivity index (χ4n) is 1.39. The van der Waals surface area contributed by atoms with Crippen molar-refractivity contribution in [2.24, 2.45) is 0 Å². The van der Waals surface area contributed by atoms with Gasteiger partial charge in [-0.1, -0.05) is 0 Å². The number of carbonyl (C=O) groups is 2. The van der Waals surface area contributed by atoms with Gasteiger partial charge in [-0.25, -0.2) is 9.59 Å². The molecule has 0 bridgehead atoms. The van der Waals surface area contributed by atoms with Crippen molar-refractivity contribution in [3.05, 3.63) is 40.0 Å². The van der Waals surface area contributed by atoms with Crippen molar-refractivity contribution in [2.45, 2.75) is 10.6 Å². The van der Waals surface area contributed by atoms with Crippen molar-refractivity contribution in [1.82, 2.24) is 0 Å². The Morgan fingerprint density at radius 1 is 1.53 bits per heavy atom. The SMILES string of the molecule is COC(=O)c1occc1CSc1csc(C(=O)O)c1. The van der Waals surface area contributed by atoms with Crippen molar-refractivity contribution in [1.29, 1.82) is 0 Å². The molecule has 100 valence electrons. The van der Waals surface area contributed by atoms with E-state index in [1.54, 1.807) is 17.5 Å². The number of methoxy groups -OCH3 is 1. The summed E-state index contributed by atoms with van der Waals surface area (Å²) in [6, 6.07) is 3.30. The number of carboxylic acid groups (broad SMARTS) is 1. The zero-order valence-electron chi connectivity index (χ0n) is 9.91. The summed E-state index contributed by atoms with van der Waals surface area (Å²) in [7, 11) is 1.29. The summed E-state index contributed by atoms with van der Waals surface area (Å²) >= 11 is 2.61. The molecule has 0 aromatic carbocycles. The van der Waals surface area contributed by atoms with E-state index in [4.69, 9.17) is 9.52 Å². The number of furan rings is 1. The first-order valence-corrected chi connectivity index (χ1v) is 7.07. The lowest BCUT2D eigenvalue weighted by Crippen LogP contribution is -2.02. The first kappa shape index (κ1) is 13.7. The van der Waals surface area contributed by atoms with Gasteiger partial charge in [0.2, 0.25) is 5.76 Å². The van der Waals surface area contributed by atoms with E-state index in [0.717, 1.165) is 10.5 Å². The zero-order chi connectivity index (χ0) is 13.8. The molecular formula is C12H10O5S2. The van der Waals surface area contributed by atoms with Crippen LogP contribution in [0.5, 0.6) is 0 Å². The van der Waals surface area contributed by atoms with Crippen LogP contribution in [-0.4, -0.2) is 24.2 Å². The molecule has 1 N–H and O–H groups in total. The van der Waals surface area contributed by atoms with E-state index in [-0.39, 0.29) is 5.76 Å². The van der Waals surface area contributed by atoms with E-state index in [1.165, 1.54) is 36.5 Å². The minimum absolute atomic E-state index is 0.184. The normalized spacial score (nSPS) is 10.4. The Labute approximate surface area is 117 Å². The number of ether oxygens (including phenoxy) is 1. The van der Waals surface area contributed by atoms with Crippen LogP contribution in [0.15, 0.2) is 33.1 Å². The molecule has 19 heavy (non-hydrogen) atoms. The molecule has 0 aliphatic rings. The summed E-state index contributed by atoms with van der Waals surface area (Å²) in [5.41, 5.74) is 0.722. The van der Waals surface area contributed by atoms with Gasteiger partial charge < -0.3 is 14.3 Å². The fourth-order valence-corrected chi connectivity index (χ4v) is 3.24. The van der Waals surface area contributed by atoms with Crippen LogP contribution in [0.4, 0.5) is 0 Å². The Kier molecular flexibility index (Phi) is 4.28. The van der Waals surface area contributed by atoms with Gasteiger partial charge in [-0.05, 0) is 12.1 Å². The summed E-state index contributed by atoms with van der Waals surface area (Å²) in [5, 5.41) is 10.6. The molecule has 0 aliphatic heterocycles. The van der Waals surface area contributed by atoms with Crippen LogP contribution < -0.4 is 0 Å². The smallest absolute Gasteiger partial charge is 0.374 e. The largest absolute Gasteiger partial charge is 0.477 e. The van der Waals surface area contributed by atoms with E-state index in [2.05, 4.69) is 4.74 Å². The Morgan fingerprint density at radius 2 is 2.32 bits per heavy atom. The molecular weight excluding hydrogens is 288 g/mol. The van der Waals surface area contributed by atoms with Crippen molar-refractivity contribution in [3.8, 4) is 0 Å². The standard InChI is InChI=1S/C12H10O5S2/c1-16-12(15)10-7(2-3-17-10)5-18-8-4-9(11(13)14)19-6-8/h2-4,6H,5H2,1H3,(H,13,14). The maximum absolute atomic E-state index is 11.4. The molecule has 2 rings (SSSR count). The lowest BCUT2D eigenvalue weighted by molar-refractivity contribution is 0.0563. The number of thiophene rings is 1. The molecule has 0 spiro atoms. The van der Waals surface area contributed by atoms with Gasteiger partial charge in [-0.3, -0.25) is 0 Å². The highest BCUT2D eigenvalue weighted by atomic mass is 32.2. The highest BCUT2D eigenvalue weighted by Gasteiger charge is 2.16. The highest BCUT2D eigenvalue weighted by molar-refractivity contribution is 7.98. The lowest BCUT2D eigenvalue weighted by Gasteiger charge is -1.99. The monoisotopic (exact) mass is 298 g/mol. The van der Waals surface area contributed by atoms with Gasteiger partial charge in [0.05, 0.1) is 13.4 Å². The third-order valence-corrected chi connectivity index (χ3v) is 4.39. The number of rotatable bonds is 5. The molecule has 0 fully saturated rings. The number of carboxylic acids is 1. The van der Waals surface area contributed by atoms with E-state index < -0.39 is 11.9 Å². The highest BCUT2D eigenvalue weighted by Crippen LogP contribution is 2.29. The van der Waals surface area contributed by atoms with Crippen LogP contribution in [0.1, 0.15) is 25.8 Å². The van der Waals surface area contributed by atoms with Gasteiger partial charge in [0.1, 0.15) is 4.88 Å². The average molecular weight is 298 g/mol. The predicted octanol–water partition coefficient (Wildman–Crippen LogP) is 3.12. The van der Waals surface area contributed by atoms with Crippen LogP contribution in [0.25, 0.3) is 0 Å². The molecule has 0 atom stereocenters. The van der Waals surface area contributed by atoms with Gasteiger partial charge in [0, 0.05) is 21.6 Å². The molecule has 2 heterocycles. The second kappa shape index (κ2) is 5.94. The van der Waals surface area contributed by atoms with E-state index in [1.807, 2.05) is 0 Å². The molecule has 0 amide bonds. The van der Waals surface area contributed by atoms with Crippen LogP contribution >= 0.6 is 23.1 Å². The first-order chi connectivity index (χ1) is 9.11. The summed E-state index contributed by atoms with van der Waals surface area (Å²) in [6.45, 7) is 0. The average Bonchev–Trinajstić information content (AvgIpc) is 3.04. The number of carbonyl (C=O) groups excluding carboxylic acids is 1. The number of esters is 1. The van der Waals surface area contributed by atoms with Crippen LogP contribution in [0.3, 0.4) is 0 Å². The first-order valence-electron chi connectivity index (χ1n) is 5.21. The van der Waals surface area contributed by atoms with Crippen molar-refractivity contribution >= 4 is 35.0 Å². The number of thioether (sulfide) groups is 1. The van der Waals surface area contributed by atoms with Gasteiger partial charge >= 0.3 is 11.9 Å². The molecule has 2 aromatic rings. The summed E-state index contributed by atoms with van der Waals surface area (Å²) in [6.07, 6.45) is 1.43. The molecule has 7 heteroatoms. The maximum Gasteiger partial charge on any atom is 0.374 e. The Bertz CT molecular complexity index is 599. The molecule has 0 saturated carbocycles. The molecule has 5 nitrogen and oxygen atoms in total. The summed E-state index contributed by atoms with van der Waals surface area (Å²) in [4.78, 5) is 23.3. The molecule has 0 radical (unpaired) electrons. The Morgan fingerprint density at radius 3 is 2.95 bits per heavy atom. The number of hydrogen-bond donors (Lipinski definition) is 1. The van der Waals surface area contributed by atoms with E-state index in [0.29, 0.717) is 10.6 Å². The zero-order valence-corrected chi connectivity index (χ0v) is 11.5. The second-order valence-corrected chi connectivity index (χ2v) is 5.47. The van der Waals surface area contributed by atoms with Crippen LogP contribution in [0.2, 0.25) is 0 Å². The third kappa shape index (κ3) is 3.18. The van der Waals surface area contributed by atoms with E-state index in [9.17, 15) is 9.59 Å². The van der Waals surface area contributed by atoms with Gasteiger partial charge in [0.25, 0.3) is 0 Å².